The number of benzene rings is 2. The Morgan fingerprint density at radius 1 is 0.808 bits per heavy atom. The zero-order valence-electron chi connectivity index (χ0n) is 13.8. The molecular weight excluding hydrogens is 326 g/mol. The van der Waals surface area contributed by atoms with E-state index in [1.54, 1.807) is 36.7 Å². The Bertz CT molecular complexity index is 1040. The first-order valence-corrected chi connectivity index (χ1v) is 8.12. The molecule has 0 atom stereocenters. The van der Waals surface area contributed by atoms with Gasteiger partial charge in [0.1, 0.15) is 5.82 Å². The van der Waals surface area contributed by atoms with E-state index in [9.17, 15) is 4.79 Å². The fourth-order valence-corrected chi connectivity index (χ4v) is 2.81. The minimum absolute atomic E-state index is 0.248. The van der Waals surface area contributed by atoms with E-state index in [0.29, 0.717) is 0 Å². The fourth-order valence-electron chi connectivity index (χ4n) is 2.81. The second-order valence-corrected chi connectivity index (χ2v) is 5.79. The molecule has 0 spiro atoms. The highest BCUT2D eigenvalue weighted by atomic mass is 16.4. The van der Waals surface area contributed by atoms with Gasteiger partial charge in [0.25, 0.3) is 0 Å². The standard InChI is InChI=1S/C21H15N3O2/c25-21(26)17-8-6-14(7-9-17)18-19(15-10-12-22-13-11-15)24-20(23-18)16-4-2-1-3-5-16/h1-13H,(H,23,24)(H,25,26). The summed E-state index contributed by atoms with van der Waals surface area (Å²) in [5.41, 5.74) is 4.68. The van der Waals surface area contributed by atoms with Crippen molar-refractivity contribution in [2.45, 2.75) is 0 Å². The third-order valence-corrected chi connectivity index (χ3v) is 4.13. The minimum atomic E-state index is -0.946. The molecule has 0 unspecified atom stereocenters. The maximum atomic E-state index is 11.1. The number of carboxylic acid groups (broad SMARTS) is 1. The number of aromatic nitrogens is 3. The summed E-state index contributed by atoms with van der Waals surface area (Å²) in [4.78, 5) is 23.3. The van der Waals surface area contributed by atoms with Crippen molar-refractivity contribution in [3.63, 3.8) is 0 Å². The number of hydrogen-bond donors (Lipinski definition) is 2. The molecular formula is C21H15N3O2. The third-order valence-electron chi connectivity index (χ3n) is 4.13. The first-order chi connectivity index (χ1) is 12.7. The Balaban J connectivity index is 1.87. The molecule has 26 heavy (non-hydrogen) atoms. The highest BCUT2D eigenvalue weighted by Crippen LogP contribution is 2.32. The van der Waals surface area contributed by atoms with Crippen molar-refractivity contribution < 1.29 is 9.90 Å². The molecule has 4 aromatic rings. The molecule has 0 saturated carbocycles. The van der Waals surface area contributed by atoms with E-state index >= 15 is 0 Å². The van der Waals surface area contributed by atoms with E-state index in [2.05, 4.69) is 9.97 Å². The molecule has 126 valence electrons. The summed E-state index contributed by atoms with van der Waals surface area (Å²) in [5.74, 6) is -0.187. The summed E-state index contributed by atoms with van der Waals surface area (Å²) >= 11 is 0. The Morgan fingerprint density at radius 3 is 2.15 bits per heavy atom. The third kappa shape index (κ3) is 2.98. The van der Waals surface area contributed by atoms with Crippen molar-refractivity contribution in [2.24, 2.45) is 0 Å². The number of hydrogen-bond acceptors (Lipinski definition) is 3. The van der Waals surface area contributed by atoms with Gasteiger partial charge < -0.3 is 10.1 Å². The summed E-state index contributed by atoms with van der Waals surface area (Å²) in [5, 5.41) is 9.10. The summed E-state index contributed by atoms with van der Waals surface area (Å²) in [7, 11) is 0. The van der Waals surface area contributed by atoms with Crippen LogP contribution in [0.25, 0.3) is 33.9 Å². The van der Waals surface area contributed by atoms with Gasteiger partial charge >= 0.3 is 5.97 Å². The number of nitrogens with one attached hydrogen (secondary N) is 1. The quantitative estimate of drug-likeness (QED) is 0.573. The van der Waals surface area contributed by atoms with E-state index in [4.69, 9.17) is 10.1 Å². The topological polar surface area (TPSA) is 78.9 Å². The maximum Gasteiger partial charge on any atom is 0.335 e. The van der Waals surface area contributed by atoms with Crippen molar-refractivity contribution in [1.82, 2.24) is 15.0 Å². The summed E-state index contributed by atoms with van der Waals surface area (Å²) < 4.78 is 0. The van der Waals surface area contributed by atoms with Gasteiger partial charge in [0, 0.05) is 29.1 Å². The van der Waals surface area contributed by atoms with E-state index < -0.39 is 5.97 Å². The van der Waals surface area contributed by atoms with Crippen LogP contribution < -0.4 is 0 Å². The van der Waals surface area contributed by atoms with E-state index in [0.717, 1.165) is 33.9 Å². The van der Waals surface area contributed by atoms with Gasteiger partial charge in [-0.3, -0.25) is 4.98 Å². The molecule has 4 rings (SSSR count). The molecule has 0 aliphatic heterocycles. The van der Waals surface area contributed by atoms with Crippen LogP contribution in [-0.2, 0) is 0 Å². The number of H-pyrrole nitrogens is 1. The molecule has 2 N–H and O–H groups in total. The lowest BCUT2D eigenvalue weighted by atomic mass is 10.0. The van der Waals surface area contributed by atoms with E-state index in [1.807, 2.05) is 42.5 Å². The lowest BCUT2D eigenvalue weighted by Gasteiger charge is -2.03. The molecule has 0 fully saturated rings. The number of aromatic carboxylic acids is 1. The summed E-state index contributed by atoms with van der Waals surface area (Å²) in [6, 6.07) is 20.4. The van der Waals surface area contributed by atoms with Gasteiger partial charge in [-0.25, -0.2) is 9.78 Å². The van der Waals surface area contributed by atoms with Crippen molar-refractivity contribution in [2.75, 3.05) is 0 Å². The molecule has 0 aliphatic carbocycles. The molecule has 0 saturated heterocycles. The lowest BCUT2D eigenvalue weighted by Crippen LogP contribution is -1.95. The average molecular weight is 341 g/mol. The Kier molecular flexibility index (Phi) is 4.03. The molecule has 2 heterocycles. The van der Waals surface area contributed by atoms with Crippen molar-refractivity contribution in [3.05, 3.63) is 84.7 Å². The fraction of sp³-hybridized carbons (Fsp3) is 0. The molecule has 2 aromatic heterocycles. The first-order valence-electron chi connectivity index (χ1n) is 8.12. The summed E-state index contributed by atoms with van der Waals surface area (Å²) in [6.07, 6.45) is 3.46. The van der Waals surface area contributed by atoms with Crippen LogP contribution in [0.3, 0.4) is 0 Å². The van der Waals surface area contributed by atoms with Gasteiger partial charge in [-0.1, -0.05) is 42.5 Å². The molecule has 5 heteroatoms. The molecule has 0 bridgehead atoms. The number of rotatable bonds is 4. The van der Waals surface area contributed by atoms with Gasteiger partial charge in [-0.15, -0.1) is 0 Å². The Labute approximate surface area is 150 Å². The first kappa shape index (κ1) is 15.8. The van der Waals surface area contributed by atoms with Crippen LogP contribution >= 0.6 is 0 Å². The number of aromatic amines is 1. The van der Waals surface area contributed by atoms with Crippen LogP contribution in [0.2, 0.25) is 0 Å². The predicted molar refractivity (Wildman–Crippen MR) is 99.6 cm³/mol. The smallest absolute Gasteiger partial charge is 0.335 e. The van der Waals surface area contributed by atoms with E-state index in [1.165, 1.54) is 0 Å². The second-order valence-electron chi connectivity index (χ2n) is 5.79. The number of carbonyl (C=O) groups is 1. The summed E-state index contributed by atoms with van der Waals surface area (Å²) in [6.45, 7) is 0. The molecule has 5 nitrogen and oxygen atoms in total. The number of carboxylic acids is 1. The average Bonchev–Trinajstić information content (AvgIpc) is 3.15. The molecule has 0 amide bonds. The minimum Gasteiger partial charge on any atom is -0.478 e. The zero-order valence-corrected chi connectivity index (χ0v) is 13.8. The van der Waals surface area contributed by atoms with Crippen LogP contribution in [0.1, 0.15) is 10.4 Å². The predicted octanol–water partition coefficient (Wildman–Crippen LogP) is 4.50. The monoisotopic (exact) mass is 341 g/mol. The number of pyridine rings is 1. The number of imidazole rings is 1. The highest BCUT2D eigenvalue weighted by molar-refractivity contribution is 5.89. The van der Waals surface area contributed by atoms with Crippen LogP contribution in [0.5, 0.6) is 0 Å². The second kappa shape index (κ2) is 6.64. The van der Waals surface area contributed by atoms with Crippen molar-refractivity contribution in [3.8, 4) is 33.9 Å². The zero-order chi connectivity index (χ0) is 17.9. The van der Waals surface area contributed by atoms with Crippen molar-refractivity contribution >= 4 is 5.97 Å². The number of nitrogens with zero attached hydrogens (tertiary/aromatic N) is 2. The molecule has 2 aromatic carbocycles. The van der Waals surface area contributed by atoms with Crippen LogP contribution in [0, 0.1) is 0 Å². The van der Waals surface area contributed by atoms with Gasteiger partial charge in [0.2, 0.25) is 0 Å². The molecule has 0 radical (unpaired) electrons. The Morgan fingerprint density at radius 2 is 1.50 bits per heavy atom. The van der Waals surface area contributed by atoms with Crippen LogP contribution in [0.4, 0.5) is 0 Å². The van der Waals surface area contributed by atoms with Gasteiger partial charge in [-0.05, 0) is 24.3 Å². The Hall–Kier alpha value is -3.73. The van der Waals surface area contributed by atoms with E-state index in [-0.39, 0.29) is 5.56 Å². The van der Waals surface area contributed by atoms with Gasteiger partial charge in [0.15, 0.2) is 0 Å². The molecule has 0 aliphatic rings. The van der Waals surface area contributed by atoms with Gasteiger partial charge in [-0.2, -0.15) is 0 Å². The van der Waals surface area contributed by atoms with Gasteiger partial charge in [0.05, 0.1) is 17.0 Å². The highest BCUT2D eigenvalue weighted by Gasteiger charge is 2.15. The SMILES string of the molecule is O=C(O)c1ccc(-c2nc(-c3ccccc3)[nH]c2-c2ccncc2)cc1. The maximum absolute atomic E-state index is 11.1. The normalized spacial score (nSPS) is 10.6. The largest absolute Gasteiger partial charge is 0.478 e. The lowest BCUT2D eigenvalue weighted by molar-refractivity contribution is 0.0697. The van der Waals surface area contributed by atoms with Crippen molar-refractivity contribution in [1.29, 1.82) is 0 Å². The van der Waals surface area contributed by atoms with Crippen LogP contribution in [-0.4, -0.2) is 26.0 Å². The van der Waals surface area contributed by atoms with Crippen LogP contribution in [0.15, 0.2) is 79.1 Å².